The maximum absolute atomic E-state index is 13.7. The number of amides is 4. The number of rotatable bonds is 5. The molecule has 2 saturated heterocycles. The van der Waals surface area contributed by atoms with Gasteiger partial charge in [0.25, 0.3) is 5.91 Å². The maximum atomic E-state index is 13.7. The van der Waals surface area contributed by atoms with Crippen LogP contribution in [0.5, 0.6) is 5.75 Å². The van der Waals surface area contributed by atoms with E-state index in [1.807, 2.05) is 30.3 Å². The van der Waals surface area contributed by atoms with Gasteiger partial charge in [0.15, 0.2) is 0 Å². The van der Waals surface area contributed by atoms with Gasteiger partial charge in [-0.2, -0.15) is 0 Å². The van der Waals surface area contributed by atoms with Crippen LogP contribution in [0.15, 0.2) is 54.6 Å². The van der Waals surface area contributed by atoms with Crippen molar-refractivity contribution in [2.24, 2.45) is 0 Å². The van der Waals surface area contributed by atoms with Crippen molar-refractivity contribution in [2.45, 2.75) is 18.4 Å². The van der Waals surface area contributed by atoms with Crippen LogP contribution >= 0.6 is 0 Å². The molecule has 4 amide bonds. The molecule has 2 fully saturated rings. The van der Waals surface area contributed by atoms with Gasteiger partial charge >= 0.3 is 6.03 Å². The quantitative estimate of drug-likeness (QED) is 0.733. The summed E-state index contributed by atoms with van der Waals surface area (Å²) < 4.78 is 5.21. The van der Waals surface area contributed by atoms with Gasteiger partial charge in [-0.1, -0.05) is 24.3 Å². The number of likely N-dealkylation sites (tertiary alicyclic amines) is 1. The van der Waals surface area contributed by atoms with Crippen LogP contribution in [0.2, 0.25) is 0 Å². The van der Waals surface area contributed by atoms with E-state index in [1.54, 1.807) is 60.2 Å². The van der Waals surface area contributed by atoms with Crippen LogP contribution in [0.4, 0.5) is 16.2 Å². The Labute approximate surface area is 199 Å². The molecule has 9 nitrogen and oxygen atoms in total. The van der Waals surface area contributed by atoms with Crippen molar-refractivity contribution >= 4 is 29.2 Å². The first-order valence-corrected chi connectivity index (χ1v) is 11.4. The van der Waals surface area contributed by atoms with E-state index in [0.29, 0.717) is 44.0 Å². The molecule has 0 saturated carbocycles. The Bertz CT molecular complexity index is 1050. The first kappa shape index (κ1) is 23.4. The van der Waals surface area contributed by atoms with E-state index < -0.39 is 5.54 Å². The molecule has 0 aliphatic carbocycles. The van der Waals surface area contributed by atoms with E-state index in [1.165, 1.54) is 0 Å². The van der Waals surface area contributed by atoms with Crippen molar-refractivity contribution in [3.63, 3.8) is 0 Å². The number of piperidine rings is 1. The molecule has 0 unspecified atom stereocenters. The molecule has 1 N–H and O–H groups in total. The third kappa shape index (κ3) is 4.50. The van der Waals surface area contributed by atoms with E-state index in [2.05, 4.69) is 10.2 Å². The zero-order valence-electron chi connectivity index (χ0n) is 19.9. The van der Waals surface area contributed by atoms with E-state index in [4.69, 9.17) is 4.74 Å². The summed E-state index contributed by atoms with van der Waals surface area (Å²) in [7, 11) is 5.03. The van der Waals surface area contributed by atoms with E-state index in [-0.39, 0.29) is 24.4 Å². The summed E-state index contributed by atoms with van der Waals surface area (Å²) in [6, 6.07) is 16.8. The number of nitrogens with zero attached hydrogens (tertiary/aromatic N) is 4. The van der Waals surface area contributed by atoms with Gasteiger partial charge in [0, 0.05) is 44.6 Å². The first-order valence-electron chi connectivity index (χ1n) is 11.4. The molecule has 4 rings (SSSR count). The minimum absolute atomic E-state index is 0.0541. The Hall–Kier alpha value is -3.75. The normalized spacial score (nSPS) is 17.1. The molecule has 2 aromatic carbocycles. The van der Waals surface area contributed by atoms with Crippen LogP contribution in [0.25, 0.3) is 0 Å². The van der Waals surface area contributed by atoms with Gasteiger partial charge in [0.2, 0.25) is 5.91 Å². The highest BCUT2D eigenvalue weighted by Gasteiger charge is 2.54. The number of methoxy groups -OCH3 is 1. The molecule has 0 atom stereocenters. The predicted octanol–water partition coefficient (Wildman–Crippen LogP) is 2.46. The third-order valence-electron chi connectivity index (χ3n) is 6.51. The molecule has 180 valence electrons. The Morgan fingerprint density at radius 1 is 1.06 bits per heavy atom. The number of benzene rings is 2. The molecule has 34 heavy (non-hydrogen) atoms. The SMILES string of the molecule is COc1cccc(NC(=O)CN2CN(c3ccccc3)C3(CCN(C(=O)N(C)C)CC3)C2=O)c1. The second-order valence-electron chi connectivity index (χ2n) is 8.88. The summed E-state index contributed by atoms with van der Waals surface area (Å²) in [6.07, 6.45) is 1.02. The maximum Gasteiger partial charge on any atom is 0.319 e. The molecule has 1 spiro atoms. The Morgan fingerprint density at radius 3 is 2.41 bits per heavy atom. The number of hydrogen-bond acceptors (Lipinski definition) is 5. The van der Waals surface area contributed by atoms with Gasteiger partial charge < -0.3 is 29.7 Å². The highest BCUT2D eigenvalue weighted by molar-refractivity contribution is 5.99. The van der Waals surface area contributed by atoms with Crippen molar-refractivity contribution in [3.05, 3.63) is 54.6 Å². The number of ether oxygens (including phenoxy) is 1. The van der Waals surface area contributed by atoms with Crippen LogP contribution < -0.4 is 15.0 Å². The molecule has 0 radical (unpaired) electrons. The fourth-order valence-electron chi connectivity index (χ4n) is 4.75. The van der Waals surface area contributed by atoms with Crippen LogP contribution in [0, 0.1) is 0 Å². The van der Waals surface area contributed by atoms with Crippen LogP contribution in [-0.4, -0.2) is 85.6 Å². The topological polar surface area (TPSA) is 85.4 Å². The summed E-state index contributed by atoms with van der Waals surface area (Å²) >= 11 is 0. The summed E-state index contributed by atoms with van der Waals surface area (Å²) in [4.78, 5) is 46.0. The molecular formula is C25H31N5O4. The highest BCUT2D eigenvalue weighted by atomic mass is 16.5. The number of hydrogen-bond donors (Lipinski definition) is 1. The summed E-state index contributed by atoms with van der Waals surface area (Å²) in [6.45, 7) is 1.23. The zero-order valence-corrected chi connectivity index (χ0v) is 19.9. The Kier molecular flexibility index (Phi) is 6.63. The number of carbonyl (C=O) groups excluding carboxylic acids is 3. The number of para-hydroxylation sites is 1. The van der Waals surface area contributed by atoms with Gasteiger partial charge in [-0.25, -0.2) is 4.79 Å². The molecule has 2 aliphatic heterocycles. The number of carbonyl (C=O) groups is 3. The van der Waals surface area contributed by atoms with Crippen molar-refractivity contribution < 1.29 is 19.1 Å². The van der Waals surface area contributed by atoms with Gasteiger partial charge in [0.05, 0.1) is 13.8 Å². The molecule has 0 bridgehead atoms. The summed E-state index contributed by atoms with van der Waals surface area (Å²) in [5.74, 6) is 0.296. The minimum Gasteiger partial charge on any atom is -0.497 e. The standard InChI is InChI=1S/C25H31N5O4/c1-27(2)24(33)28-14-12-25(13-15-28)23(32)29(18-30(25)20-9-5-4-6-10-20)17-22(31)26-19-8-7-11-21(16-19)34-3/h4-11,16H,12-15,17-18H2,1-3H3,(H,26,31). The van der Waals surface area contributed by atoms with Crippen molar-refractivity contribution in [3.8, 4) is 5.75 Å². The van der Waals surface area contributed by atoms with Crippen molar-refractivity contribution in [2.75, 3.05) is 57.7 Å². The van der Waals surface area contributed by atoms with E-state index in [0.717, 1.165) is 5.69 Å². The monoisotopic (exact) mass is 465 g/mol. The first-order chi connectivity index (χ1) is 16.3. The predicted molar refractivity (Wildman–Crippen MR) is 130 cm³/mol. The lowest BCUT2D eigenvalue weighted by atomic mass is 9.85. The number of nitrogens with one attached hydrogen (secondary N) is 1. The van der Waals surface area contributed by atoms with Crippen molar-refractivity contribution in [1.29, 1.82) is 0 Å². The fraction of sp³-hybridized carbons (Fsp3) is 0.400. The van der Waals surface area contributed by atoms with E-state index in [9.17, 15) is 14.4 Å². The zero-order chi connectivity index (χ0) is 24.3. The van der Waals surface area contributed by atoms with E-state index >= 15 is 0 Å². The lowest BCUT2D eigenvalue weighted by Crippen LogP contribution is -2.58. The van der Waals surface area contributed by atoms with Gasteiger partial charge in [-0.05, 0) is 37.1 Å². The van der Waals surface area contributed by atoms with Crippen LogP contribution in [0.1, 0.15) is 12.8 Å². The largest absolute Gasteiger partial charge is 0.497 e. The van der Waals surface area contributed by atoms with Crippen LogP contribution in [-0.2, 0) is 9.59 Å². The number of urea groups is 1. The Balaban J connectivity index is 1.52. The molecular weight excluding hydrogens is 434 g/mol. The average Bonchev–Trinajstić information content (AvgIpc) is 3.10. The fourth-order valence-corrected chi connectivity index (χ4v) is 4.75. The Morgan fingerprint density at radius 2 is 1.76 bits per heavy atom. The smallest absolute Gasteiger partial charge is 0.319 e. The molecule has 9 heteroatoms. The van der Waals surface area contributed by atoms with Gasteiger partial charge in [-0.15, -0.1) is 0 Å². The average molecular weight is 466 g/mol. The lowest BCUT2D eigenvalue weighted by Gasteiger charge is -2.43. The third-order valence-corrected chi connectivity index (χ3v) is 6.51. The molecule has 2 aromatic rings. The molecule has 0 aromatic heterocycles. The van der Waals surface area contributed by atoms with Crippen LogP contribution in [0.3, 0.4) is 0 Å². The number of anilines is 2. The van der Waals surface area contributed by atoms with Gasteiger partial charge in [0.1, 0.15) is 17.8 Å². The second kappa shape index (κ2) is 9.62. The second-order valence-corrected chi connectivity index (χ2v) is 8.88. The van der Waals surface area contributed by atoms with Gasteiger partial charge in [-0.3, -0.25) is 9.59 Å². The molecule has 2 aliphatic rings. The minimum atomic E-state index is -0.777. The molecule has 2 heterocycles. The highest BCUT2D eigenvalue weighted by Crippen LogP contribution is 2.39. The lowest BCUT2D eigenvalue weighted by molar-refractivity contribution is -0.136. The summed E-state index contributed by atoms with van der Waals surface area (Å²) in [5, 5.41) is 2.85. The summed E-state index contributed by atoms with van der Waals surface area (Å²) in [5.41, 5.74) is 0.765. The van der Waals surface area contributed by atoms with Crippen molar-refractivity contribution in [1.82, 2.24) is 14.7 Å².